The van der Waals surface area contributed by atoms with Crippen molar-refractivity contribution in [1.29, 1.82) is 0 Å². The first kappa shape index (κ1) is 8.60. The van der Waals surface area contributed by atoms with E-state index in [1.165, 1.54) is 0 Å². The maximum Gasteiger partial charge on any atom is 0.0776 e. The molecule has 0 atom stereocenters. The number of nitrogens with zero attached hydrogens (tertiary/aromatic N) is 4. The minimum absolute atomic E-state index is 1.04. The van der Waals surface area contributed by atoms with Crippen molar-refractivity contribution in [2.45, 2.75) is 0 Å². The van der Waals surface area contributed by atoms with Crippen molar-refractivity contribution in [1.82, 2.24) is 25.9 Å². The Morgan fingerprint density at radius 2 is 2.13 bits per heavy atom. The monoisotopic (exact) mass is 206 g/mol. The summed E-state index contributed by atoms with van der Waals surface area (Å²) in [5, 5.41) is 11.3. The van der Waals surface area contributed by atoms with Crippen molar-refractivity contribution in [3.05, 3.63) is 24.3 Å². The maximum atomic E-state index is 4.30. The molecule has 1 saturated heterocycles. The van der Waals surface area contributed by atoms with Crippen LogP contribution in [0.15, 0.2) is 29.4 Å². The summed E-state index contributed by atoms with van der Waals surface area (Å²) in [6, 6.07) is 0. The molecule has 0 radical (unpaired) electrons. The van der Waals surface area contributed by atoms with E-state index in [-0.39, 0.29) is 0 Å². The number of fused-ring (bicyclic) bond motifs is 1. The molecule has 0 amide bonds. The third-order valence-electron chi connectivity index (χ3n) is 2.68. The van der Waals surface area contributed by atoms with Gasteiger partial charge in [-0.25, -0.2) is 0 Å². The van der Waals surface area contributed by atoms with Gasteiger partial charge in [-0.15, -0.1) is 0 Å². The van der Waals surface area contributed by atoms with Crippen molar-refractivity contribution in [3.8, 4) is 0 Å². The molecule has 3 aliphatic rings. The van der Waals surface area contributed by atoms with E-state index in [9.17, 15) is 0 Å². The lowest BCUT2D eigenvalue weighted by molar-refractivity contribution is 0.0602. The second kappa shape index (κ2) is 3.47. The number of allylic oxidation sites excluding steroid dienone is 1. The van der Waals surface area contributed by atoms with Gasteiger partial charge < -0.3 is 10.2 Å². The van der Waals surface area contributed by atoms with Crippen LogP contribution in [0.2, 0.25) is 0 Å². The topological polar surface area (TPSA) is 46.1 Å². The van der Waals surface area contributed by atoms with Gasteiger partial charge in [0.2, 0.25) is 0 Å². The molecule has 0 aromatic heterocycles. The van der Waals surface area contributed by atoms with E-state index in [1.54, 1.807) is 5.12 Å². The largest absolute Gasteiger partial charge is 0.366 e. The van der Waals surface area contributed by atoms with E-state index < -0.39 is 0 Å². The van der Waals surface area contributed by atoms with Gasteiger partial charge in [-0.3, -0.25) is 5.43 Å². The molecule has 0 aliphatic carbocycles. The zero-order chi connectivity index (χ0) is 10.1. The van der Waals surface area contributed by atoms with Crippen molar-refractivity contribution < 1.29 is 0 Å². The van der Waals surface area contributed by atoms with E-state index in [1.807, 2.05) is 23.7 Å². The SMILES string of the molecule is C1=CN2N=CC(N3CCNCC3)=CN2N1. The molecule has 0 aromatic carbocycles. The van der Waals surface area contributed by atoms with E-state index in [2.05, 4.69) is 26.9 Å². The number of hydrogen-bond donors (Lipinski definition) is 2. The Morgan fingerprint density at radius 3 is 3.00 bits per heavy atom. The average molecular weight is 206 g/mol. The van der Waals surface area contributed by atoms with Crippen LogP contribution in [-0.2, 0) is 0 Å². The van der Waals surface area contributed by atoms with Gasteiger partial charge in [0.05, 0.1) is 24.3 Å². The van der Waals surface area contributed by atoms with Crippen LogP contribution in [0.5, 0.6) is 0 Å². The number of hydrazine groups is 2. The highest BCUT2D eigenvalue weighted by Crippen LogP contribution is 2.14. The molecule has 0 spiro atoms. The highest BCUT2D eigenvalue weighted by molar-refractivity contribution is 5.78. The summed E-state index contributed by atoms with van der Waals surface area (Å²) in [5.41, 5.74) is 4.23. The lowest BCUT2D eigenvalue weighted by atomic mass is 10.3. The van der Waals surface area contributed by atoms with Crippen LogP contribution < -0.4 is 10.7 Å². The molecule has 2 N–H and O–H groups in total. The van der Waals surface area contributed by atoms with Gasteiger partial charge in [-0.1, -0.05) is 0 Å². The van der Waals surface area contributed by atoms with Crippen molar-refractivity contribution in [2.75, 3.05) is 26.2 Å². The fraction of sp³-hybridized carbons (Fsp3) is 0.444. The number of nitrogens with one attached hydrogen (secondary N) is 2. The molecule has 0 saturated carbocycles. The summed E-state index contributed by atoms with van der Waals surface area (Å²) < 4.78 is 0. The summed E-state index contributed by atoms with van der Waals surface area (Å²) in [5.74, 6) is 0. The smallest absolute Gasteiger partial charge is 0.0776 e. The van der Waals surface area contributed by atoms with Crippen LogP contribution >= 0.6 is 0 Å². The van der Waals surface area contributed by atoms with E-state index >= 15 is 0 Å². The Kier molecular flexibility index (Phi) is 1.99. The van der Waals surface area contributed by atoms with Crippen molar-refractivity contribution >= 4 is 6.21 Å². The van der Waals surface area contributed by atoms with Crippen LogP contribution in [0.3, 0.4) is 0 Å². The van der Waals surface area contributed by atoms with Crippen LogP contribution in [0, 0.1) is 0 Å². The molecule has 1 fully saturated rings. The van der Waals surface area contributed by atoms with E-state index in [0.717, 1.165) is 31.9 Å². The molecular formula is C9H14N6. The molecule has 3 heterocycles. The fourth-order valence-electron chi connectivity index (χ4n) is 1.86. The van der Waals surface area contributed by atoms with Gasteiger partial charge in [0.1, 0.15) is 0 Å². The number of hydrogen-bond acceptors (Lipinski definition) is 6. The van der Waals surface area contributed by atoms with Gasteiger partial charge in [0.15, 0.2) is 0 Å². The number of piperazine rings is 1. The Bertz CT molecular complexity index is 327. The fourth-order valence-corrected chi connectivity index (χ4v) is 1.86. The standard InChI is InChI=1S/C9H14N6/c1-4-13(5-2-10-1)9-7-12-14-6-3-11-15(14)8-9/h3,6-8,10-11H,1-2,4-5H2. The quantitative estimate of drug-likeness (QED) is 0.590. The summed E-state index contributed by atoms with van der Waals surface area (Å²) in [7, 11) is 0. The van der Waals surface area contributed by atoms with Crippen LogP contribution in [0.4, 0.5) is 0 Å². The lowest BCUT2D eigenvalue weighted by Crippen LogP contribution is -2.45. The molecule has 3 rings (SSSR count). The zero-order valence-corrected chi connectivity index (χ0v) is 8.43. The Hall–Kier alpha value is -1.69. The van der Waals surface area contributed by atoms with E-state index in [0.29, 0.717) is 0 Å². The molecule has 0 aromatic rings. The molecule has 3 aliphatic heterocycles. The van der Waals surface area contributed by atoms with Gasteiger partial charge in [-0.2, -0.15) is 15.3 Å². The van der Waals surface area contributed by atoms with Crippen LogP contribution in [0.25, 0.3) is 0 Å². The first-order valence-electron chi connectivity index (χ1n) is 5.16. The number of rotatable bonds is 1. The van der Waals surface area contributed by atoms with Crippen LogP contribution in [0.1, 0.15) is 0 Å². The summed E-state index contributed by atoms with van der Waals surface area (Å²) >= 11 is 0. The first-order valence-corrected chi connectivity index (χ1v) is 5.16. The minimum Gasteiger partial charge on any atom is -0.366 e. The highest BCUT2D eigenvalue weighted by atomic mass is 15.9. The summed E-state index contributed by atoms with van der Waals surface area (Å²) in [6.07, 6.45) is 7.69. The maximum absolute atomic E-state index is 4.30. The molecule has 6 nitrogen and oxygen atoms in total. The molecule has 6 heteroatoms. The molecule has 0 unspecified atom stereocenters. The van der Waals surface area contributed by atoms with E-state index in [4.69, 9.17) is 0 Å². The van der Waals surface area contributed by atoms with Gasteiger partial charge >= 0.3 is 0 Å². The summed E-state index contributed by atoms with van der Waals surface area (Å²) in [4.78, 5) is 2.33. The average Bonchev–Trinajstić information content (AvgIpc) is 2.77. The molecular weight excluding hydrogens is 192 g/mol. The molecule has 0 bridgehead atoms. The summed E-state index contributed by atoms with van der Waals surface area (Å²) in [6.45, 7) is 4.17. The Labute approximate surface area is 88.4 Å². The first-order chi connectivity index (χ1) is 7.43. The van der Waals surface area contributed by atoms with Crippen molar-refractivity contribution in [2.24, 2.45) is 5.10 Å². The van der Waals surface area contributed by atoms with Gasteiger partial charge in [-0.05, 0) is 0 Å². The Morgan fingerprint density at radius 1 is 1.27 bits per heavy atom. The predicted octanol–water partition coefficient (Wildman–Crippen LogP) is -0.759. The van der Waals surface area contributed by atoms with Crippen molar-refractivity contribution in [3.63, 3.8) is 0 Å². The molecule has 80 valence electrons. The lowest BCUT2D eigenvalue weighted by Gasteiger charge is -2.34. The van der Waals surface area contributed by atoms with Gasteiger partial charge in [0, 0.05) is 32.4 Å². The minimum atomic E-state index is 1.04. The van der Waals surface area contributed by atoms with Gasteiger partial charge in [0.25, 0.3) is 0 Å². The highest BCUT2D eigenvalue weighted by Gasteiger charge is 2.20. The third kappa shape index (κ3) is 1.52. The molecule has 15 heavy (non-hydrogen) atoms. The number of hydrazone groups is 1. The predicted molar refractivity (Wildman–Crippen MR) is 57.0 cm³/mol. The second-order valence-corrected chi connectivity index (χ2v) is 3.65. The second-order valence-electron chi connectivity index (χ2n) is 3.65. The Balaban J connectivity index is 1.74. The normalized spacial score (nSPS) is 24.0. The third-order valence-corrected chi connectivity index (χ3v) is 2.68. The van der Waals surface area contributed by atoms with Crippen LogP contribution in [-0.4, -0.2) is 47.5 Å². The zero-order valence-electron chi connectivity index (χ0n) is 8.43.